The molecule has 0 saturated carbocycles. The topological polar surface area (TPSA) is 63.1 Å². The van der Waals surface area contributed by atoms with Crippen LogP contribution in [-0.4, -0.2) is 21.0 Å². The Kier molecular flexibility index (Phi) is 3.39. The molecule has 0 saturated heterocycles. The Bertz CT molecular complexity index is 523. The molecule has 0 bridgehead atoms. The maximum atomic E-state index is 10.6. The van der Waals surface area contributed by atoms with Crippen LogP contribution in [0.4, 0.5) is 0 Å². The molecule has 2 rings (SSSR count). The second-order valence-corrected chi connectivity index (χ2v) is 4.51. The molecule has 0 unspecified atom stereocenters. The Labute approximate surface area is 103 Å². The van der Waals surface area contributed by atoms with E-state index in [9.17, 15) is 4.79 Å². The van der Waals surface area contributed by atoms with Gasteiger partial charge >= 0.3 is 5.97 Å². The first-order chi connectivity index (χ1) is 8.15. The maximum Gasteiger partial charge on any atom is 0.337 e. The number of rotatable bonds is 3. The lowest BCUT2D eigenvalue weighted by atomic mass is 10.3. The van der Waals surface area contributed by atoms with Crippen LogP contribution in [0.3, 0.4) is 0 Å². The van der Waals surface area contributed by atoms with Crippen molar-refractivity contribution in [1.82, 2.24) is 9.97 Å². The van der Waals surface area contributed by atoms with E-state index in [0.29, 0.717) is 0 Å². The quantitative estimate of drug-likeness (QED) is 0.902. The molecular formula is C12H10N2O2S. The predicted octanol–water partition coefficient (Wildman–Crippen LogP) is 2.63. The molecule has 2 aromatic rings. The number of pyridine rings is 2. The molecule has 4 nitrogen and oxygen atoms in total. The maximum absolute atomic E-state index is 10.6. The van der Waals surface area contributed by atoms with Gasteiger partial charge in [-0.15, -0.1) is 0 Å². The van der Waals surface area contributed by atoms with Gasteiger partial charge in [0.1, 0.15) is 10.1 Å². The number of carbonyl (C=O) groups is 1. The monoisotopic (exact) mass is 246 g/mol. The Morgan fingerprint density at radius 2 is 1.76 bits per heavy atom. The Hall–Kier alpha value is -1.88. The fourth-order valence-electron chi connectivity index (χ4n) is 1.19. The van der Waals surface area contributed by atoms with Crippen LogP contribution in [0.5, 0.6) is 0 Å². The molecule has 0 fully saturated rings. The number of aromatic carboxylic acids is 1. The molecule has 0 radical (unpaired) electrons. The van der Waals surface area contributed by atoms with E-state index in [-0.39, 0.29) is 5.56 Å². The lowest BCUT2D eigenvalue weighted by Crippen LogP contribution is -1.96. The molecule has 5 heteroatoms. The lowest BCUT2D eigenvalue weighted by Gasteiger charge is -2.00. The van der Waals surface area contributed by atoms with E-state index < -0.39 is 5.97 Å². The average molecular weight is 246 g/mol. The molecule has 86 valence electrons. The van der Waals surface area contributed by atoms with Crippen molar-refractivity contribution < 1.29 is 9.90 Å². The zero-order valence-corrected chi connectivity index (χ0v) is 9.94. The molecular weight excluding hydrogens is 236 g/mol. The Morgan fingerprint density at radius 1 is 1.12 bits per heavy atom. The first-order valence-electron chi connectivity index (χ1n) is 4.95. The molecule has 0 aliphatic heterocycles. The van der Waals surface area contributed by atoms with Gasteiger partial charge in [-0.05, 0) is 30.7 Å². The average Bonchev–Trinajstić information content (AvgIpc) is 2.33. The van der Waals surface area contributed by atoms with Gasteiger partial charge in [0.15, 0.2) is 0 Å². The number of nitrogens with zero attached hydrogens (tertiary/aromatic N) is 2. The summed E-state index contributed by atoms with van der Waals surface area (Å²) < 4.78 is 0. The summed E-state index contributed by atoms with van der Waals surface area (Å²) in [5, 5.41) is 10.3. The number of hydrogen-bond acceptors (Lipinski definition) is 4. The van der Waals surface area contributed by atoms with Gasteiger partial charge in [0.2, 0.25) is 0 Å². The van der Waals surface area contributed by atoms with Crippen molar-refractivity contribution in [3.8, 4) is 0 Å². The Balaban J connectivity index is 2.13. The highest BCUT2D eigenvalue weighted by Gasteiger charge is 2.04. The highest BCUT2D eigenvalue weighted by molar-refractivity contribution is 7.99. The minimum atomic E-state index is -0.970. The van der Waals surface area contributed by atoms with E-state index >= 15 is 0 Å². The fraction of sp³-hybridized carbons (Fsp3) is 0.0833. The zero-order valence-electron chi connectivity index (χ0n) is 9.12. The summed E-state index contributed by atoms with van der Waals surface area (Å²) in [4.78, 5) is 18.9. The van der Waals surface area contributed by atoms with Crippen LogP contribution in [0.25, 0.3) is 0 Å². The third kappa shape index (κ3) is 3.04. The summed E-state index contributed by atoms with van der Waals surface area (Å²) in [5.74, 6) is -0.970. The standard InChI is InChI=1S/C12H10N2O2S/c1-8-2-4-10(13-6-8)17-11-5-3-9(7-14-11)12(15)16/h2-7H,1H3,(H,15,16). The minimum absolute atomic E-state index is 0.186. The summed E-state index contributed by atoms with van der Waals surface area (Å²) in [6.07, 6.45) is 3.13. The van der Waals surface area contributed by atoms with Gasteiger partial charge in [-0.3, -0.25) is 0 Å². The van der Waals surface area contributed by atoms with E-state index in [2.05, 4.69) is 9.97 Å². The van der Waals surface area contributed by atoms with Crippen LogP contribution in [-0.2, 0) is 0 Å². The first kappa shape index (κ1) is 11.6. The van der Waals surface area contributed by atoms with Crippen molar-refractivity contribution in [2.75, 3.05) is 0 Å². The SMILES string of the molecule is Cc1ccc(Sc2ccc(C(=O)O)cn2)nc1. The van der Waals surface area contributed by atoms with E-state index in [1.807, 2.05) is 19.1 Å². The van der Waals surface area contributed by atoms with E-state index in [4.69, 9.17) is 5.11 Å². The van der Waals surface area contributed by atoms with Crippen LogP contribution in [0.2, 0.25) is 0 Å². The predicted molar refractivity (Wildman–Crippen MR) is 64.3 cm³/mol. The number of aromatic nitrogens is 2. The van der Waals surface area contributed by atoms with E-state index in [0.717, 1.165) is 15.6 Å². The molecule has 2 heterocycles. The van der Waals surface area contributed by atoms with Gasteiger partial charge in [-0.2, -0.15) is 0 Å². The number of carboxylic acids is 1. The summed E-state index contributed by atoms with van der Waals surface area (Å²) >= 11 is 1.40. The Morgan fingerprint density at radius 3 is 2.24 bits per heavy atom. The van der Waals surface area contributed by atoms with Crippen LogP contribution < -0.4 is 0 Å². The normalized spacial score (nSPS) is 10.2. The van der Waals surface area contributed by atoms with Gasteiger partial charge in [0, 0.05) is 12.4 Å². The van der Waals surface area contributed by atoms with Crippen molar-refractivity contribution in [2.24, 2.45) is 0 Å². The summed E-state index contributed by atoms with van der Waals surface area (Å²) in [5.41, 5.74) is 1.29. The van der Waals surface area contributed by atoms with Gasteiger partial charge in [0.05, 0.1) is 5.56 Å². The molecule has 0 aromatic carbocycles. The summed E-state index contributed by atoms with van der Waals surface area (Å²) in [6.45, 7) is 1.97. The van der Waals surface area contributed by atoms with Gasteiger partial charge in [-0.1, -0.05) is 17.8 Å². The highest BCUT2D eigenvalue weighted by atomic mass is 32.2. The van der Waals surface area contributed by atoms with Gasteiger partial charge in [0.25, 0.3) is 0 Å². The third-order valence-corrected chi connectivity index (χ3v) is 2.98. The van der Waals surface area contributed by atoms with Crippen LogP contribution >= 0.6 is 11.8 Å². The molecule has 0 amide bonds. The second kappa shape index (κ2) is 4.97. The van der Waals surface area contributed by atoms with Crippen molar-refractivity contribution in [3.63, 3.8) is 0 Å². The lowest BCUT2D eigenvalue weighted by molar-refractivity contribution is 0.0696. The largest absolute Gasteiger partial charge is 0.478 e. The number of hydrogen-bond donors (Lipinski definition) is 1. The van der Waals surface area contributed by atoms with E-state index in [1.165, 1.54) is 24.0 Å². The van der Waals surface area contributed by atoms with Gasteiger partial charge < -0.3 is 5.11 Å². The van der Waals surface area contributed by atoms with Crippen LogP contribution in [0.1, 0.15) is 15.9 Å². The van der Waals surface area contributed by atoms with Crippen molar-refractivity contribution in [3.05, 3.63) is 47.8 Å². The fourth-order valence-corrected chi connectivity index (χ4v) is 1.89. The molecule has 0 aliphatic carbocycles. The molecule has 0 spiro atoms. The zero-order chi connectivity index (χ0) is 12.3. The third-order valence-electron chi connectivity index (χ3n) is 2.08. The van der Waals surface area contributed by atoms with Crippen molar-refractivity contribution >= 4 is 17.7 Å². The second-order valence-electron chi connectivity index (χ2n) is 3.47. The van der Waals surface area contributed by atoms with Gasteiger partial charge in [-0.25, -0.2) is 14.8 Å². The molecule has 17 heavy (non-hydrogen) atoms. The highest BCUT2D eigenvalue weighted by Crippen LogP contribution is 2.23. The van der Waals surface area contributed by atoms with Crippen molar-refractivity contribution in [1.29, 1.82) is 0 Å². The number of carboxylic acid groups (broad SMARTS) is 1. The molecule has 2 aromatic heterocycles. The molecule has 0 aliphatic rings. The number of aryl methyl sites for hydroxylation is 1. The van der Waals surface area contributed by atoms with Crippen LogP contribution in [0, 0.1) is 6.92 Å². The van der Waals surface area contributed by atoms with E-state index in [1.54, 1.807) is 12.3 Å². The smallest absolute Gasteiger partial charge is 0.337 e. The minimum Gasteiger partial charge on any atom is -0.478 e. The summed E-state index contributed by atoms with van der Waals surface area (Å²) in [6, 6.07) is 7.09. The summed E-state index contributed by atoms with van der Waals surface area (Å²) in [7, 11) is 0. The first-order valence-corrected chi connectivity index (χ1v) is 5.76. The van der Waals surface area contributed by atoms with Crippen LogP contribution in [0.15, 0.2) is 46.7 Å². The molecule has 0 atom stereocenters. The van der Waals surface area contributed by atoms with Crippen molar-refractivity contribution in [2.45, 2.75) is 17.0 Å². The molecule has 1 N–H and O–H groups in total.